The van der Waals surface area contributed by atoms with Crippen LogP contribution in [0.2, 0.25) is 0 Å². The van der Waals surface area contributed by atoms with Crippen LogP contribution in [0.5, 0.6) is 0 Å². The van der Waals surface area contributed by atoms with Crippen molar-refractivity contribution in [3.63, 3.8) is 0 Å². The zero-order valence-corrected chi connectivity index (χ0v) is 15.6. The van der Waals surface area contributed by atoms with Gasteiger partial charge in [0, 0.05) is 17.5 Å². The first kappa shape index (κ1) is 18.1. The molecule has 20 heavy (non-hydrogen) atoms. The van der Waals surface area contributed by atoms with E-state index >= 15 is 0 Å². The smallest absolute Gasteiger partial charge is 0.242 e. The van der Waals surface area contributed by atoms with Gasteiger partial charge in [-0.3, -0.25) is 0 Å². The molecular weight excluding hydrogens is 360 g/mol. The van der Waals surface area contributed by atoms with Crippen LogP contribution in [0.1, 0.15) is 38.5 Å². The zero-order valence-electron chi connectivity index (χ0n) is 12.4. The van der Waals surface area contributed by atoms with Crippen molar-refractivity contribution < 1.29 is 8.42 Å². The summed E-state index contributed by atoms with van der Waals surface area (Å²) in [4.78, 5) is 1.33. The van der Waals surface area contributed by atoms with Crippen molar-refractivity contribution in [1.82, 2.24) is 10.0 Å². The molecule has 2 N–H and O–H groups in total. The molecule has 0 amide bonds. The van der Waals surface area contributed by atoms with Crippen LogP contribution in [-0.2, 0) is 16.6 Å². The Kier molecular flexibility index (Phi) is 7.14. The van der Waals surface area contributed by atoms with Crippen LogP contribution in [0, 0.1) is 5.92 Å². The van der Waals surface area contributed by atoms with Crippen molar-refractivity contribution in [2.45, 2.75) is 51.1 Å². The fourth-order valence-corrected chi connectivity index (χ4v) is 5.79. The van der Waals surface area contributed by atoms with Gasteiger partial charge in [0.2, 0.25) is 10.0 Å². The minimum Gasteiger partial charge on any atom is -0.315 e. The molecule has 7 heteroatoms. The molecule has 1 rings (SSSR count). The first-order chi connectivity index (χ1) is 9.26. The van der Waals surface area contributed by atoms with Gasteiger partial charge in [-0.1, -0.05) is 13.8 Å². The quantitative estimate of drug-likeness (QED) is 0.724. The highest BCUT2D eigenvalue weighted by Crippen LogP contribution is 2.31. The Morgan fingerprint density at radius 2 is 1.95 bits per heavy atom. The standard InChI is InChI=1S/C13H23BrN2O2S2/c1-9(2)5-6-10(3)16-20(17,18)12-7-11(8-15-4)19-13(12)14/h7,9-10,15-16H,5-6,8H2,1-4H3. The van der Waals surface area contributed by atoms with Gasteiger partial charge in [-0.05, 0) is 54.7 Å². The molecule has 0 aliphatic carbocycles. The monoisotopic (exact) mass is 382 g/mol. The van der Waals surface area contributed by atoms with E-state index in [4.69, 9.17) is 0 Å². The number of rotatable bonds is 8. The fraction of sp³-hybridized carbons (Fsp3) is 0.692. The molecule has 1 aromatic rings. The molecule has 4 nitrogen and oxygen atoms in total. The average molecular weight is 383 g/mol. The second kappa shape index (κ2) is 7.89. The van der Waals surface area contributed by atoms with Gasteiger partial charge < -0.3 is 5.32 Å². The topological polar surface area (TPSA) is 58.2 Å². The van der Waals surface area contributed by atoms with E-state index in [-0.39, 0.29) is 6.04 Å². The third-order valence-electron chi connectivity index (χ3n) is 2.88. The molecule has 0 aliphatic rings. The highest BCUT2D eigenvalue weighted by Gasteiger charge is 2.22. The minimum absolute atomic E-state index is 0.0537. The second-order valence-corrected chi connectivity index (χ2v) is 9.51. The van der Waals surface area contributed by atoms with E-state index in [9.17, 15) is 8.42 Å². The Morgan fingerprint density at radius 3 is 2.50 bits per heavy atom. The number of hydrogen-bond acceptors (Lipinski definition) is 4. The van der Waals surface area contributed by atoms with Crippen molar-refractivity contribution in [3.8, 4) is 0 Å². The second-order valence-electron chi connectivity index (χ2n) is 5.37. The summed E-state index contributed by atoms with van der Waals surface area (Å²) in [5.41, 5.74) is 0. The van der Waals surface area contributed by atoms with Crippen molar-refractivity contribution in [3.05, 3.63) is 14.7 Å². The molecule has 1 heterocycles. The van der Waals surface area contributed by atoms with E-state index in [1.54, 1.807) is 6.07 Å². The van der Waals surface area contributed by atoms with Gasteiger partial charge in [0.1, 0.15) is 4.90 Å². The van der Waals surface area contributed by atoms with Crippen LogP contribution in [0.15, 0.2) is 14.7 Å². The molecular formula is C13H23BrN2O2S2. The van der Waals surface area contributed by atoms with Crippen LogP contribution in [-0.4, -0.2) is 21.5 Å². The highest BCUT2D eigenvalue weighted by atomic mass is 79.9. The molecule has 0 saturated heterocycles. The summed E-state index contributed by atoms with van der Waals surface area (Å²) in [5.74, 6) is 0.581. The van der Waals surface area contributed by atoms with E-state index in [0.717, 1.165) is 17.7 Å². The fourth-order valence-electron chi connectivity index (χ4n) is 1.81. The lowest BCUT2D eigenvalue weighted by atomic mass is 10.1. The van der Waals surface area contributed by atoms with Crippen LogP contribution >= 0.6 is 27.3 Å². The Labute approximate surface area is 134 Å². The van der Waals surface area contributed by atoms with E-state index in [2.05, 4.69) is 39.8 Å². The molecule has 1 unspecified atom stereocenters. The van der Waals surface area contributed by atoms with E-state index < -0.39 is 10.0 Å². The van der Waals surface area contributed by atoms with E-state index in [0.29, 0.717) is 21.1 Å². The molecule has 1 atom stereocenters. The van der Waals surface area contributed by atoms with Gasteiger partial charge in [-0.25, -0.2) is 13.1 Å². The molecule has 116 valence electrons. The molecule has 0 fully saturated rings. The lowest BCUT2D eigenvalue weighted by molar-refractivity contribution is 0.485. The zero-order chi connectivity index (χ0) is 15.3. The molecule has 0 saturated carbocycles. The Bertz CT molecular complexity index is 526. The molecule has 1 aromatic heterocycles. The normalized spacial score (nSPS) is 13.9. The van der Waals surface area contributed by atoms with Crippen molar-refractivity contribution in [2.24, 2.45) is 5.92 Å². The van der Waals surface area contributed by atoms with Crippen LogP contribution in [0.4, 0.5) is 0 Å². The van der Waals surface area contributed by atoms with Gasteiger partial charge in [0.05, 0.1) is 3.79 Å². The summed E-state index contributed by atoms with van der Waals surface area (Å²) >= 11 is 4.79. The SMILES string of the molecule is CNCc1cc(S(=O)(=O)NC(C)CCC(C)C)c(Br)s1. The summed E-state index contributed by atoms with van der Waals surface area (Å²) in [6.07, 6.45) is 1.86. The predicted molar refractivity (Wildman–Crippen MR) is 88.6 cm³/mol. The Hall–Kier alpha value is 0.0500. The van der Waals surface area contributed by atoms with Gasteiger partial charge in [0.25, 0.3) is 0 Å². The Balaban J connectivity index is 2.77. The van der Waals surface area contributed by atoms with Gasteiger partial charge in [0.15, 0.2) is 0 Å². The van der Waals surface area contributed by atoms with E-state index in [1.165, 1.54) is 11.3 Å². The number of hydrogen-bond donors (Lipinski definition) is 2. The van der Waals surface area contributed by atoms with Crippen molar-refractivity contribution in [2.75, 3.05) is 7.05 Å². The highest BCUT2D eigenvalue weighted by molar-refractivity contribution is 9.11. The summed E-state index contributed by atoms with van der Waals surface area (Å²) < 4.78 is 28.2. The third kappa shape index (κ3) is 5.44. The number of thiophene rings is 1. The largest absolute Gasteiger partial charge is 0.315 e. The predicted octanol–water partition coefficient (Wildman–Crippen LogP) is 3.33. The lowest BCUT2D eigenvalue weighted by Crippen LogP contribution is -2.32. The van der Waals surface area contributed by atoms with Crippen molar-refractivity contribution in [1.29, 1.82) is 0 Å². The Morgan fingerprint density at radius 1 is 1.30 bits per heavy atom. The van der Waals surface area contributed by atoms with Crippen LogP contribution in [0.3, 0.4) is 0 Å². The molecule has 0 aliphatic heterocycles. The van der Waals surface area contributed by atoms with Crippen LogP contribution < -0.4 is 10.0 Å². The maximum absolute atomic E-state index is 12.4. The van der Waals surface area contributed by atoms with Crippen LogP contribution in [0.25, 0.3) is 0 Å². The summed E-state index contributed by atoms with van der Waals surface area (Å²) in [6.45, 7) is 6.86. The minimum atomic E-state index is -3.45. The van der Waals surface area contributed by atoms with Crippen molar-refractivity contribution >= 4 is 37.3 Å². The number of sulfonamides is 1. The summed E-state index contributed by atoms with van der Waals surface area (Å²) in [7, 11) is -1.61. The maximum Gasteiger partial charge on any atom is 0.242 e. The van der Waals surface area contributed by atoms with Gasteiger partial charge in [-0.2, -0.15) is 0 Å². The lowest BCUT2D eigenvalue weighted by Gasteiger charge is -2.15. The molecule has 0 aromatic carbocycles. The average Bonchev–Trinajstić information content (AvgIpc) is 2.68. The van der Waals surface area contributed by atoms with Gasteiger partial charge in [-0.15, -0.1) is 11.3 Å². The number of nitrogens with one attached hydrogen (secondary N) is 2. The number of halogens is 1. The first-order valence-electron chi connectivity index (χ1n) is 6.71. The maximum atomic E-state index is 12.4. The first-order valence-corrected chi connectivity index (χ1v) is 9.80. The third-order valence-corrected chi connectivity index (χ3v) is 6.72. The molecule has 0 radical (unpaired) electrons. The summed E-state index contributed by atoms with van der Waals surface area (Å²) in [6, 6.07) is 1.67. The molecule has 0 bridgehead atoms. The van der Waals surface area contributed by atoms with E-state index in [1.807, 2.05) is 14.0 Å². The molecule has 0 spiro atoms. The summed E-state index contributed by atoms with van der Waals surface area (Å²) in [5, 5.41) is 3.02. The van der Waals surface area contributed by atoms with Gasteiger partial charge >= 0.3 is 0 Å².